The molecule has 3 heteroatoms. The topological polar surface area (TPSA) is 16.4 Å². The van der Waals surface area contributed by atoms with E-state index in [0.717, 1.165) is 44.6 Å². The Morgan fingerprint density at radius 2 is 1.03 bits per heavy atom. The monoisotopic (exact) mass is 911 g/mol. The Hall–Kier alpha value is -8.24. The van der Waals surface area contributed by atoms with E-state index in [2.05, 4.69) is 244 Å². The van der Waals surface area contributed by atoms with E-state index in [1.165, 1.54) is 97.4 Å². The van der Waals surface area contributed by atoms with Gasteiger partial charge in [0.1, 0.15) is 11.2 Å². The molecule has 0 unspecified atom stereocenters. The lowest BCUT2D eigenvalue weighted by molar-refractivity contribution is 0.591. The van der Waals surface area contributed by atoms with Crippen LogP contribution in [-0.2, 0) is 10.8 Å². The highest BCUT2D eigenvalue weighted by atomic mass is 32.1. The maximum atomic E-state index is 6.60. The molecule has 0 N–H and O–H groups in total. The van der Waals surface area contributed by atoms with Gasteiger partial charge in [0.15, 0.2) is 0 Å². The summed E-state index contributed by atoms with van der Waals surface area (Å²) < 4.78 is 9.17. The number of nitrogens with zero attached hydrogens (tertiary/aromatic N) is 1. The minimum atomic E-state index is -0.473. The van der Waals surface area contributed by atoms with Crippen molar-refractivity contribution in [3.63, 3.8) is 0 Å². The van der Waals surface area contributed by atoms with E-state index in [-0.39, 0.29) is 5.41 Å². The summed E-state index contributed by atoms with van der Waals surface area (Å²) in [5, 5.41) is 9.73. The number of para-hydroxylation sites is 1. The highest BCUT2D eigenvalue weighted by Crippen LogP contribution is 2.64. The molecule has 0 fully saturated rings. The summed E-state index contributed by atoms with van der Waals surface area (Å²) in [4.78, 5) is 2.54. The summed E-state index contributed by atoms with van der Waals surface area (Å²) in [5.74, 6) is 0. The van der Waals surface area contributed by atoms with Gasteiger partial charge in [-0.3, -0.25) is 0 Å². The molecule has 330 valence electrons. The Balaban J connectivity index is 1.04. The van der Waals surface area contributed by atoms with Crippen LogP contribution >= 0.6 is 11.3 Å². The first-order valence-corrected chi connectivity index (χ1v) is 25.2. The lowest BCUT2D eigenvalue weighted by Gasteiger charge is -2.32. The van der Waals surface area contributed by atoms with Crippen molar-refractivity contribution in [2.75, 3.05) is 4.90 Å². The lowest BCUT2D eigenvalue weighted by Crippen LogP contribution is -2.25. The van der Waals surface area contributed by atoms with Crippen LogP contribution in [-0.4, -0.2) is 0 Å². The van der Waals surface area contributed by atoms with Crippen LogP contribution < -0.4 is 4.90 Å². The predicted molar refractivity (Wildman–Crippen MR) is 297 cm³/mol. The standard InChI is InChI=1S/C67H45NOS/c1-66(2,3)43-28-34-62-54(37-43)49-31-29-45(39-63(49)70-62)68(59-33-27-40-15-6-7-18-46(40)64(59)51-22-14-26-61-65(51)50-21-10-13-25-60(50)69-61)44-30-32-57-53(38-44)52-35-41-16-4-5-17-42(41)36-58(52)67(57)55-23-11-8-19-47(55)48-20-9-12-24-56(48)67/h4-39H,1-3H3. The molecular weight excluding hydrogens is 867 g/mol. The van der Waals surface area contributed by atoms with Crippen LogP contribution in [0.1, 0.15) is 48.6 Å². The molecule has 0 atom stereocenters. The van der Waals surface area contributed by atoms with E-state index in [1.54, 1.807) is 0 Å². The molecule has 0 radical (unpaired) electrons. The SMILES string of the molecule is CC(C)(C)c1ccc2sc3cc(N(c4ccc5c(c4)-c4cc6ccccc6cc4C54c5ccccc5-c5ccccc54)c4ccc5ccccc5c4-c4cccc5oc6ccccc6c45)ccc3c2c1. The van der Waals surface area contributed by atoms with E-state index in [9.17, 15) is 0 Å². The zero-order valence-electron chi connectivity index (χ0n) is 39.0. The van der Waals surface area contributed by atoms with Crippen LogP contribution in [0.25, 0.3) is 97.0 Å². The minimum absolute atomic E-state index is 0.0502. The van der Waals surface area contributed by atoms with Gasteiger partial charge < -0.3 is 9.32 Å². The van der Waals surface area contributed by atoms with Gasteiger partial charge in [-0.05, 0) is 149 Å². The first kappa shape index (κ1) is 39.7. The Labute approximate surface area is 410 Å². The second kappa shape index (κ2) is 14.4. The summed E-state index contributed by atoms with van der Waals surface area (Å²) in [6.07, 6.45) is 0. The van der Waals surface area contributed by atoms with Gasteiger partial charge in [-0.2, -0.15) is 0 Å². The van der Waals surface area contributed by atoms with Gasteiger partial charge in [0.2, 0.25) is 0 Å². The third kappa shape index (κ3) is 5.44. The van der Waals surface area contributed by atoms with Gasteiger partial charge in [-0.1, -0.05) is 172 Å². The van der Waals surface area contributed by atoms with E-state index < -0.39 is 5.41 Å². The Morgan fingerprint density at radius 3 is 1.83 bits per heavy atom. The maximum Gasteiger partial charge on any atom is 0.136 e. The molecule has 2 nitrogen and oxygen atoms in total. The second-order valence-corrected chi connectivity index (χ2v) is 21.4. The Bertz CT molecular complexity index is 4320. The average Bonchev–Trinajstić information content (AvgIpc) is 4.12. The predicted octanol–water partition coefficient (Wildman–Crippen LogP) is 19.0. The number of furan rings is 1. The molecule has 2 aromatic heterocycles. The van der Waals surface area contributed by atoms with E-state index in [1.807, 2.05) is 11.3 Å². The summed E-state index contributed by atoms with van der Waals surface area (Å²) >= 11 is 1.88. The molecule has 2 aliphatic carbocycles. The number of anilines is 3. The van der Waals surface area contributed by atoms with Crippen LogP contribution in [0.3, 0.4) is 0 Å². The number of thiophene rings is 1. The zero-order chi connectivity index (χ0) is 46.5. The quantitative estimate of drug-likeness (QED) is 0.175. The molecule has 15 rings (SSSR count). The molecule has 13 aromatic rings. The van der Waals surface area contributed by atoms with Crippen molar-refractivity contribution in [3.8, 4) is 33.4 Å². The van der Waals surface area contributed by atoms with Crippen molar-refractivity contribution in [2.45, 2.75) is 31.6 Å². The smallest absolute Gasteiger partial charge is 0.136 e. The highest BCUT2D eigenvalue weighted by molar-refractivity contribution is 7.25. The molecule has 0 bridgehead atoms. The van der Waals surface area contributed by atoms with E-state index in [0.29, 0.717) is 0 Å². The Morgan fingerprint density at radius 1 is 0.400 bits per heavy atom. The summed E-state index contributed by atoms with van der Waals surface area (Å²) in [6, 6.07) is 82.1. The molecule has 2 aliphatic rings. The first-order chi connectivity index (χ1) is 34.3. The molecule has 1 spiro atoms. The fourth-order valence-corrected chi connectivity index (χ4v) is 13.6. The maximum absolute atomic E-state index is 6.60. The number of benzene rings is 11. The largest absolute Gasteiger partial charge is 0.456 e. The number of hydrogen-bond donors (Lipinski definition) is 0. The average molecular weight is 912 g/mol. The van der Waals surface area contributed by atoms with Gasteiger partial charge >= 0.3 is 0 Å². The fraction of sp³-hybridized carbons (Fsp3) is 0.0746. The van der Waals surface area contributed by atoms with Gasteiger partial charge in [0, 0.05) is 47.9 Å². The van der Waals surface area contributed by atoms with Gasteiger partial charge in [0.25, 0.3) is 0 Å². The van der Waals surface area contributed by atoms with Crippen molar-refractivity contribution in [2.24, 2.45) is 0 Å². The number of rotatable bonds is 4. The van der Waals surface area contributed by atoms with Crippen LogP contribution in [0.4, 0.5) is 17.1 Å². The number of fused-ring (bicyclic) bond motifs is 18. The van der Waals surface area contributed by atoms with Crippen LogP contribution in [0.5, 0.6) is 0 Å². The van der Waals surface area contributed by atoms with Crippen LogP contribution in [0.15, 0.2) is 223 Å². The molecule has 0 aliphatic heterocycles. The van der Waals surface area contributed by atoms with Crippen molar-refractivity contribution >= 4 is 92.1 Å². The van der Waals surface area contributed by atoms with Crippen molar-refractivity contribution in [3.05, 3.63) is 246 Å². The van der Waals surface area contributed by atoms with E-state index >= 15 is 0 Å². The summed E-state index contributed by atoms with van der Waals surface area (Å²) in [7, 11) is 0. The molecule has 70 heavy (non-hydrogen) atoms. The fourth-order valence-electron chi connectivity index (χ4n) is 12.5. The highest BCUT2D eigenvalue weighted by Gasteiger charge is 2.52. The second-order valence-electron chi connectivity index (χ2n) is 20.4. The molecule has 0 saturated carbocycles. The van der Waals surface area contributed by atoms with Crippen molar-refractivity contribution in [1.29, 1.82) is 0 Å². The van der Waals surface area contributed by atoms with Crippen molar-refractivity contribution in [1.82, 2.24) is 0 Å². The summed E-state index contributed by atoms with van der Waals surface area (Å²) in [6.45, 7) is 6.91. The van der Waals surface area contributed by atoms with Crippen LogP contribution in [0.2, 0.25) is 0 Å². The minimum Gasteiger partial charge on any atom is -0.456 e. The van der Waals surface area contributed by atoms with Gasteiger partial charge in [0.05, 0.1) is 11.1 Å². The Kier molecular flexibility index (Phi) is 8.17. The number of hydrogen-bond acceptors (Lipinski definition) is 3. The molecule has 0 amide bonds. The lowest BCUT2D eigenvalue weighted by atomic mass is 9.70. The zero-order valence-corrected chi connectivity index (χ0v) is 39.9. The van der Waals surface area contributed by atoms with Gasteiger partial charge in [-0.25, -0.2) is 0 Å². The van der Waals surface area contributed by atoms with Crippen LogP contribution in [0, 0.1) is 0 Å². The summed E-state index contributed by atoms with van der Waals surface area (Å²) in [5.41, 5.74) is 18.9. The third-order valence-corrected chi connectivity index (χ3v) is 16.7. The molecule has 2 heterocycles. The normalized spacial score (nSPS) is 13.5. The third-order valence-electron chi connectivity index (χ3n) is 15.6. The molecule has 11 aromatic carbocycles. The molecular formula is C67H45NOS. The van der Waals surface area contributed by atoms with E-state index in [4.69, 9.17) is 4.42 Å². The van der Waals surface area contributed by atoms with Crippen molar-refractivity contribution < 1.29 is 4.42 Å². The van der Waals surface area contributed by atoms with Gasteiger partial charge in [-0.15, -0.1) is 11.3 Å². The first-order valence-electron chi connectivity index (χ1n) is 24.4. The molecule has 0 saturated heterocycles.